The number of anilines is 1. The van der Waals surface area contributed by atoms with E-state index < -0.39 is 17.6 Å². The van der Waals surface area contributed by atoms with E-state index in [0.29, 0.717) is 18.8 Å². The summed E-state index contributed by atoms with van der Waals surface area (Å²) in [6.07, 6.45) is -3.86. The summed E-state index contributed by atoms with van der Waals surface area (Å²) in [6, 6.07) is 8.41. The Labute approximate surface area is 120 Å². The van der Waals surface area contributed by atoms with Crippen LogP contribution in [0.25, 0.3) is 0 Å². The predicted molar refractivity (Wildman–Crippen MR) is 71.2 cm³/mol. The second kappa shape index (κ2) is 5.32. The number of nitrogens with one attached hydrogen (secondary N) is 1. The molecule has 2 saturated heterocycles. The van der Waals surface area contributed by atoms with Gasteiger partial charge in [-0.1, -0.05) is 18.2 Å². The van der Waals surface area contributed by atoms with E-state index in [2.05, 4.69) is 5.32 Å². The van der Waals surface area contributed by atoms with Gasteiger partial charge in [-0.3, -0.25) is 4.79 Å². The molecule has 0 bridgehead atoms. The molecule has 0 aliphatic carbocycles. The number of nitrogens with zero attached hydrogens (tertiary/aromatic N) is 1. The first-order valence-corrected chi connectivity index (χ1v) is 6.76. The van der Waals surface area contributed by atoms with Crippen LogP contribution < -0.4 is 10.2 Å². The summed E-state index contributed by atoms with van der Waals surface area (Å²) in [5.74, 6) is -1.34. The van der Waals surface area contributed by atoms with Crippen LogP contribution in [0.5, 0.6) is 0 Å². The van der Waals surface area contributed by atoms with Crippen molar-refractivity contribution in [2.24, 2.45) is 0 Å². The van der Waals surface area contributed by atoms with E-state index in [1.807, 2.05) is 0 Å². The first-order chi connectivity index (χ1) is 10.0. The van der Waals surface area contributed by atoms with E-state index in [4.69, 9.17) is 9.47 Å². The summed E-state index contributed by atoms with van der Waals surface area (Å²) in [5.41, 5.74) is -0.821. The minimum Gasteiger partial charge on any atom is -0.377 e. The average molecular weight is 298 g/mol. The Hall–Kier alpha value is -1.57. The summed E-state index contributed by atoms with van der Waals surface area (Å²) >= 11 is 0. The molecule has 2 aliphatic heterocycles. The Morgan fingerprint density at radius 2 is 2.00 bits per heavy atom. The number of para-hydroxylation sites is 1. The van der Waals surface area contributed by atoms with Crippen LogP contribution in [0.4, 0.5) is 14.5 Å². The molecular formula is C14H16F2N2O3. The molecule has 2 fully saturated rings. The van der Waals surface area contributed by atoms with Gasteiger partial charge in [-0.25, -0.2) is 0 Å². The standard InChI is InChI=1S/C14H16F2N2O3/c15-14(16)12(19)18(11-4-2-1-3-5-11)9-13(21-14)8-17-6-7-20-10-13/h1-5,17H,6-10H2. The van der Waals surface area contributed by atoms with Crippen molar-refractivity contribution in [2.75, 3.05) is 37.7 Å². The molecule has 1 atom stereocenters. The van der Waals surface area contributed by atoms with Crippen molar-refractivity contribution in [2.45, 2.75) is 11.7 Å². The normalized spacial score (nSPS) is 29.4. The molecule has 0 aromatic heterocycles. The Morgan fingerprint density at radius 1 is 1.24 bits per heavy atom. The van der Waals surface area contributed by atoms with Gasteiger partial charge in [-0.2, -0.15) is 8.78 Å². The van der Waals surface area contributed by atoms with Gasteiger partial charge < -0.3 is 19.7 Å². The van der Waals surface area contributed by atoms with Crippen molar-refractivity contribution in [3.8, 4) is 0 Å². The number of carbonyl (C=O) groups excluding carboxylic acids is 1. The number of carbonyl (C=O) groups is 1. The third-order valence-electron chi connectivity index (χ3n) is 3.59. The lowest BCUT2D eigenvalue weighted by atomic mass is 10.0. The lowest BCUT2D eigenvalue weighted by Gasteiger charge is -2.44. The van der Waals surface area contributed by atoms with E-state index in [1.165, 1.54) is 0 Å². The number of morpholine rings is 1. The fraction of sp³-hybridized carbons (Fsp3) is 0.500. The third kappa shape index (κ3) is 2.76. The number of alkyl halides is 2. The topological polar surface area (TPSA) is 50.8 Å². The number of hydrogen-bond acceptors (Lipinski definition) is 4. The number of halogens is 2. The van der Waals surface area contributed by atoms with E-state index in [1.54, 1.807) is 30.3 Å². The van der Waals surface area contributed by atoms with Gasteiger partial charge in [-0.05, 0) is 12.1 Å². The monoisotopic (exact) mass is 298 g/mol. The van der Waals surface area contributed by atoms with Crippen molar-refractivity contribution >= 4 is 11.6 Å². The molecule has 1 spiro atoms. The smallest absolute Gasteiger partial charge is 0.377 e. The maximum absolute atomic E-state index is 14.0. The van der Waals surface area contributed by atoms with Gasteiger partial charge in [-0.15, -0.1) is 0 Å². The zero-order valence-electron chi connectivity index (χ0n) is 11.4. The molecule has 7 heteroatoms. The van der Waals surface area contributed by atoms with E-state index >= 15 is 0 Å². The maximum Gasteiger partial charge on any atom is 0.437 e. The maximum atomic E-state index is 14.0. The zero-order valence-corrected chi connectivity index (χ0v) is 11.4. The second-order valence-electron chi connectivity index (χ2n) is 5.26. The molecule has 0 saturated carbocycles. The number of rotatable bonds is 1. The van der Waals surface area contributed by atoms with Gasteiger partial charge >= 0.3 is 12.0 Å². The highest BCUT2D eigenvalue weighted by Crippen LogP contribution is 2.35. The van der Waals surface area contributed by atoms with Crippen LogP contribution >= 0.6 is 0 Å². The van der Waals surface area contributed by atoms with Crippen molar-refractivity contribution in [1.29, 1.82) is 0 Å². The Balaban J connectivity index is 1.94. The number of hydrogen-bond donors (Lipinski definition) is 1. The summed E-state index contributed by atoms with van der Waals surface area (Å²) in [7, 11) is 0. The molecule has 1 aromatic rings. The first-order valence-electron chi connectivity index (χ1n) is 6.76. The summed E-state index contributed by atoms with van der Waals surface area (Å²) in [4.78, 5) is 13.0. The molecule has 1 unspecified atom stereocenters. The first kappa shape index (κ1) is 14.4. The van der Waals surface area contributed by atoms with Crippen LogP contribution in [0.2, 0.25) is 0 Å². The van der Waals surface area contributed by atoms with Crippen LogP contribution in [0, 0.1) is 0 Å². The third-order valence-corrected chi connectivity index (χ3v) is 3.59. The van der Waals surface area contributed by atoms with Crippen LogP contribution in [0.15, 0.2) is 30.3 Å². The molecule has 114 valence electrons. The van der Waals surface area contributed by atoms with Crippen LogP contribution in [-0.2, 0) is 14.3 Å². The molecule has 1 aromatic carbocycles. The zero-order chi connectivity index (χ0) is 14.9. The minimum absolute atomic E-state index is 0.0200. The number of benzene rings is 1. The van der Waals surface area contributed by atoms with Gasteiger partial charge in [0, 0.05) is 18.8 Å². The summed E-state index contributed by atoms with van der Waals surface area (Å²) in [6.45, 7) is 1.25. The Bertz CT molecular complexity index is 516. The highest BCUT2D eigenvalue weighted by molar-refractivity contribution is 5.98. The van der Waals surface area contributed by atoms with Crippen molar-refractivity contribution in [3.05, 3.63) is 30.3 Å². The van der Waals surface area contributed by atoms with Gasteiger partial charge in [0.05, 0.1) is 19.8 Å². The Morgan fingerprint density at radius 3 is 2.76 bits per heavy atom. The number of ether oxygens (including phenoxy) is 2. The summed E-state index contributed by atoms with van der Waals surface area (Å²) in [5, 5.41) is 3.01. The molecule has 2 heterocycles. The van der Waals surface area contributed by atoms with Crippen molar-refractivity contribution in [3.63, 3.8) is 0 Å². The Kier molecular flexibility index (Phi) is 3.64. The molecule has 2 aliphatic rings. The predicted octanol–water partition coefficient (Wildman–Crippen LogP) is 1.00. The fourth-order valence-electron chi connectivity index (χ4n) is 2.62. The summed E-state index contributed by atoms with van der Waals surface area (Å²) < 4.78 is 38.2. The molecule has 3 rings (SSSR count). The van der Waals surface area contributed by atoms with Crippen LogP contribution in [-0.4, -0.2) is 50.5 Å². The van der Waals surface area contributed by atoms with Crippen molar-refractivity contribution < 1.29 is 23.0 Å². The molecule has 1 N–H and O–H groups in total. The van der Waals surface area contributed by atoms with E-state index in [-0.39, 0.29) is 19.7 Å². The van der Waals surface area contributed by atoms with Gasteiger partial charge in [0.25, 0.3) is 0 Å². The quantitative estimate of drug-likeness (QED) is 0.840. The lowest BCUT2D eigenvalue weighted by Crippen LogP contribution is -2.66. The fourth-order valence-corrected chi connectivity index (χ4v) is 2.62. The molecule has 0 radical (unpaired) electrons. The van der Waals surface area contributed by atoms with E-state index in [9.17, 15) is 13.6 Å². The molecular weight excluding hydrogens is 282 g/mol. The highest BCUT2D eigenvalue weighted by Gasteiger charge is 2.57. The highest BCUT2D eigenvalue weighted by atomic mass is 19.3. The van der Waals surface area contributed by atoms with Crippen molar-refractivity contribution in [1.82, 2.24) is 5.32 Å². The van der Waals surface area contributed by atoms with Gasteiger partial charge in [0.1, 0.15) is 5.60 Å². The molecule has 21 heavy (non-hydrogen) atoms. The average Bonchev–Trinajstić information content (AvgIpc) is 2.69. The SMILES string of the molecule is O=C1N(c2ccccc2)CC2(CNCCOC2)OC1(F)F. The second-order valence-corrected chi connectivity index (χ2v) is 5.26. The number of amides is 1. The van der Waals surface area contributed by atoms with E-state index in [0.717, 1.165) is 4.90 Å². The molecule has 5 nitrogen and oxygen atoms in total. The largest absolute Gasteiger partial charge is 0.437 e. The lowest BCUT2D eigenvalue weighted by molar-refractivity contribution is -0.291. The van der Waals surface area contributed by atoms with Gasteiger partial charge in [0.15, 0.2) is 0 Å². The van der Waals surface area contributed by atoms with Crippen LogP contribution in [0.1, 0.15) is 0 Å². The van der Waals surface area contributed by atoms with Crippen LogP contribution in [0.3, 0.4) is 0 Å². The molecule has 1 amide bonds. The minimum atomic E-state index is -3.86. The van der Waals surface area contributed by atoms with Gasteiger partial charge in [0.2, 0.25) is 0 Å².